The number of carboxylic acid groups (broad SMARTS) is 1. The number of carboxylic acids is 1. The van der Waals surface area contributed by atoms with Crippen LogP contribution in [0, 0.1) is 0 Å². The van der Waals surface area contributed by atoms with E-state index < -0.39 is 11.5 Å². The first-order valence-corrected chi connectivity index (χ1v) is 6.41. The highest BCUT2D eigenvalue weighted by Crippen LogP contribution is 2.38. The quantitative estimate of drug-likeness (QED) is 0.729. The van der Waals surface area contributed by atoms with Crippen molar-refractivity contribution < 1.29 is 14.7 Å². The second-order valence-electron chi connectivity index (χ2n) is 4.24. The lowest BCUT2D eigenvalue weighted by molar-refractivity contribution is -0.154. The Morgan fingerprint density at radius 2 is 2.27 bits per heavy atom. The van der Waals surface area contributed by atoms with E-state index >= 15 is 0 Å². The number of rotatable bonds is 4. The van der Waals surface area contributed by atoms with Crippen molar-refractivity contribution in [3.63, 3.8) is 0 Å². The number of amides is 1. The summed E-state index contributed by atoms with van der Waals surface area (Å²) in [6.45, 7) is 0. The number of carbonyl (C=O) groups is 2. The van der Waals surface area contributed by atoms with Gasteiger partial charge in [-0.05, 0) is 31.4 Å². The van der Waals surface area contributed by atoms with Crippen LogP contribution >= 0.6 is 11.8 Å². The number of thioether (sulfide) groups is 1. The molecule has 2 fully saturated rings. The van der Waals surface area contributed by atoms with E-state index in [0.717, 1.165) is 31.4 Å². The first kappa shape index (κ1) is 10.8. The largest absolute Gasteiger partial charge is 0.479 e. The van der Waals surface area contributed by atoms with E-state index in [1.54, 1.807) is 16.7 Å². The smallest absolute Gasteiger partial charge is 0.330 e. The molecule has 0 spiro atoms. The molecule has 4 nitrogen and oxygen atoms in total. The van der Waals surface area contributed by atoms with Crippen molar-refractivity contribution >= 4 is 24.1 Å². The predicted octanol–water partition coefficient (Wildman–Crippen LogP) is 0.958. The lowest BCUT2D eigenvalue weighted by Gasteiger charge is -2.40. The SMILES string of the molecule is O=CN(C1CC1)C1(C(=O)O)CCCSC1. The van der Waals surface area contributed by atoms with E-state index in [1.165, 1.54) is 0 Å². The minimum Gasteiger partial charge on any atom is -0.479 e. The van der Waals surface area contributed by atoms with Crippen LogP contribution in [0.1, 0.15) is 25.7 Å². The summed E-state index contributed by atoms with van der Waals surface area (Å²) < 4.78 is 0. The third-order valence-corrected chi connectivity index (χ3v) is 4.43. The normalized spacial score (nSPS) is 30.9. The van der Waals surface area contributed by atoms with Crippen molar-refractivity contribution in [3.8, 4) is 0 Å². The van der Waals surface area contributed by atoms with Crippen LogP contribution < -0.4 is 0 Å². The second-order valence-corrected chi connectivity index (χ2v) is 5.34. The molecule has 0 aromatic carbocycles. The molecule has 1 amide bonds. The van der Waals surface area contributed by atoms with Gasteiger partial charge in [-0.15, -0.1) is 0 Å². The summed E-state index contributed by atoms with van der Waals surface area (Å²) in [7, 11) is 0. The molecule has 1 N–H and O–H groups in total. The lowest BCUT2D eigenvalue weighted by atomic mass is 9.93. The molecule has 1 saturated heterocycles. The van der Waals surface area contributed by atoms with Gasteiger partial charge in [-0.25, -0.2) is 4.79 Å². The average Bonchev–Trinajstić information content (AvgIpc) is 3.04. The van der Waals surface area contributed by atoms with Gasteiger partial charge >= 0.3 is 5.97 Å². The first-order chi connectivity index (χ1) is 7.20. The molecule has 2 aliphatic rings. The minimum atomic E-state index is -0.925. The summed E-state index contributed by atoms with van der Waals surface area (Å²) >= 11 is 1.64. The van der Waals surface area contributed by atoms with Gasteiger partial charge in [0, 0.05) is 11.8 Å². The Bertz CT molecular complexity index is 272. The number of aliphatic carboxylic acids is 1. The van der Waals surface area contributed by atoms with Crippen LogP contribution in [0.4, 0.5) is 0 Å². The van der Waals surface area contributed by atoms with Gasteiger partial charge in [0.25, 0.3) is 0 Å². The highest BCUT2D eigenvalue weighted by atomic mass is 32.2. The van der Waals surface area contributed by atoms with E-state index in [4.69, 9.17) is 0 Å². The van der Waals surface area contributed by atoms with Gasteiger partial charge in [-0.2, -0.15) is 11.8 Å². The summed E-state index contributed by atoms with van der Waals surface area (Å²) in [6, 6.07) is 0.178. The maximum absolute atomic E-state index is 11.4. The second kappa shape index (κ2) is 4.04. The standard InChI is InChI=1S/C10H15NO3S/c12-7-11(8-2-3-8)10(9(13)14)4-1-5-15-6-10/h7-8H,1-6H2,(H,13,14). The Hall–Kier alpha value is -0.710. The van der Waals surface area contributed by atoms with Crippen molar-refractivity contribution in [3.05, 3.63) is 0 Å². The minimum absolute atomic E-state index is 0.178. The van der Waals surface area contributed by atoms with Gasteiger partial charge in [0.05, 0.1) is 0 Å². The molecule has 5 heteroatoms. The van der Waals surface area contributed by atoms with E-state index in [1.807, 2.05) is 0 Å². The summed E-state index contributed by atoms with van der Waals surface area (Å²) in [6.07, 6.45) is 4.13. The van der Waals surface area contributed by atoms with Crippen molar-refractivity contribution in [2.45, 2.75) is 37.3 Å². The average molecular weight is 229 g/mol. The molecule has 1 heterocycles. The Labute approximate surface area is 93.0 Å². The summed E-state index contributed by atoms with van der Waals surface area (Å²) in [4.78, 5) is 24.0. The van der Waals surface area contributed by atoms with E-state index in [9.17, 15) is 14.7 Å². The van der Waals surface area contributed by atoms with E-state index in [2.05, 4.69) is 0 Å². The highest BCUT2D eigenvalue weighted by molar-refractivity contribution is 7.99. The van der Waals surface area contributed by atoms with Crippen LogP contribution in [0.5, 0.6) is 0 Å². The lowest BCUT2D eigenvalue weighted by Crippen LogP contribution is -2.58. The van der Waals surface area contributed by atoms with Gasteiger partial charge in [0.1, 0.15) is 5.54 Å². The zero-order chi connectivity index (χ0) is 10.9. The van der Waals surface area contributed by atoms with Crippen LogP contribution in [0.2, 0.25) is 0 Å². The fourth-order valence-corrected chi connectivity index (χ4v) is 3.40. The first-order valence-electron chi connectivity index (χ1n) is 5.25. The van der Waals surface area contributed by atoms with Crippen molar-refractivity contribution in [1.82, 2.24) is 4.90 Å². The van der Waals surface area contributed by atoms with Gasteiger partial charge in [0.2, 0.25) is 6.41 Å². The Kier molecular flexibility index (Phi) is 2.91. The molecule has 15 heavy (non-hydrogen) atoms. The van der Waals surface area contributed by atoms with Crippen molar-refractivity contribution in [2.75, 3.05) is 11.5 Å². The van der Waals surface area contributed by atoms with E-state index in [0.29, 0.717) is 12.2 Å². The molecule has 1 unspecified atom stereocenters. The zero-order valence-electron chi connectivity index (χ0n) is 8.52. The number of hydrogen-bond donors (Lipinski definition) is 1. The van der Waals surface area contributed by atoms with E-state index in [-0.39, 0.29) is 6.04 Å². The monoisotopic (exact) mass is 229 g/mol. The third-order valence-electron chi connectivity index (χ3n) is 3.17. The Morgan fingerprint density at radius 3 is 2.67 bits per heavy atom. The van der Waals surface area contributed by atoms with Crippen molar-refractivity contribution in [1.29, 1.82) is 0 Å². The zero-order valence-corrected chi connectivity index (χ0v) is 9.33. The van der Waals surface area contributed by atoms with Crippen LogP contribution in [-0.2, 0) is 9.59 Å². The Morgan fingerprint density at radius 1 is 1.53 bits per heavy atom. The number of nitrogens with zero attached hydrogens (tertiary/aromatic N) is 1. The predicted molar refractivity (Wildman–Crippen MR) is 57.9 cm³/mol. The molecule has 84 valence electrons. The molecule has 1 aliphatic heterocycles. The molecule has 0 aromatic heterocycles. The molecular weight excluding hydrogens is 214 g/mol. The molecule has 2 rings (SSSR count). The van der Waals surface area contributed by atoms with Crippen LogP contribution in [-0.4, -0.2) is 45.5 Å². The molecule has 1 aliphatic carbocycles. The molecule has 0 aromatic rings. The van der Waals surface area contributed by atoms with Crippen LogP contribution in [0.25, 0.3) is 0 Å². The molecule has 0 bridgehead atoms. The molecule has 0 radical (unpaired) electrons. The molecular formula is C10H15NO3S. The number of hydrogen-bond acceptors (Lipinski definition) is 3. The molecule has 1 atom stereocenters. The van der Waals surface area contributed by atoms with Crippen LogP contribution in [0.3, 0.4) is 0 Å². The van der Waals surface area contributed by atoms with Gasteiger partial charge in [0.15, 0.2) is 0 Å². The van der Waals surface area contributed by atoms with Gasteiger partial charge in [-0.3, -0.25) is 4.79 Å². The maximum atomic E-state index is 11.4. The fourth-order valence-electron chi connectivity index (χ4n) is 2.15. The summed E-state index contributed by atoms with van der Waals surface area (Å²) in [5, 5.41) is 9.35. The van der Waals surface area contributed by atoms with Crippen LogP contribution in [0.15, 0.2) is 0 Å². The Balaban J connectivity index is 2.22. The summed E-state index contributed by atoms with van der Waals surface area (Å²) in [5.74, 6) is 0.706. The van der Waals surface area contributed by atoms with Gasteiger partial charge < -0.3 is 10.0 Å². The van der Waals surface area contributed by atoms with Gasteiger partial charge in [-0.1, -0.05) is 0 Å². The fraction of sp³-hybridized carbons (Fsp3) is 0.800. The topological polar surface area (TPSA) is 57.6 Å². The third kappa shape index (κ3) is 1.85. The number of carbonyl (C=O) groups excluding carboxylic acids is 1. The highest BCUT2D eigenvalue weighted by Gasteiger charge is 2.50. The van der Waals surface area contributed by atoms with Crippen molar-refractivity contribution in [2.24, 2.45) is 0 Å². The maximum Gasteiger partial charge on any atom is 0.330 e. The summed E-state index contributed by atoms with van der Waals surface area (Å²) in [5.41, 5.74) is -0.925. The molecule has 1 saturated carbocycles.